The highest BCUT2D eigenvalue weighted by atomic mass is 16.3. The first-order chi connectivity index (χ1) is 12.2. The standard InChI is InChI=1S/C18H14N4O3/c23-17(20-13-3-4-14-12(10-13)7-8-19-14)11-22-18(24)6-5-15(21-22)16-2-1-9-25-16/h1-10,19H,11H2,(H,20,23). The van der Waals surface area contributed by atoms with Gasteiger partial charge in [-0.2, -0.15) is 5.10 Å². The third-order valence-electron chi connectivity index (χ3n) is 3.77. The Morgan fingerprint density at radius 3 is 2.96 bits per heavy atom. The van der Waals surface area contributed by atoms with Crippen LogP contribution < -0.4 is 10.9 Å². The second kappa shape index (κ2) is 6.12. The normalized spacial score (nSPS) is 10.9. The molecule has 3 aromatic heterocycles. The average molecular weight is 334 g/mol. The van der Waals surface area contributed by atoms with E-state index >= 15 is 0 Å². The molecule has 7 heteroatoms. The van der Waals surface area contributed by atoms with Gasteiger partial charge in [-0.1, -0.05) is 0 Å². The number of furan rings is 1. The molecule has 0 unspecified atom stereocenters. The lowest BCUT2D eigenvalue weighted by Crippen LogP contribution is -2.29. The first kappa shape index (κ1) is 14.9. The molecule has 4 aromatic rings. The van der Waals surface area contributed by atoms with Crippen LogP contribution in [0.2, 0.25) is 0 Å². The molecule has 0 atom stereocenters. The van der Waals surface area contributed by atoms with Crippen LogP contribution in [0.15, 0.2) is 70.2 Å². The summed E-state index contributed by atoms with van der Waals surface area (Å²) in [4.78, 5) is 27.3. The first-order valence-corrected chi connectivity index (χ1v) is 7.68. The summed E-state index contributed by atoms with van der Waals surface area (Å²) >= 11 is 0. The van der Waals surface area contributed by atoms with Crippen LogP contribution in [0.5, 0.6) is 0 Å². The minimum atomic E-state index is -0.355. The zero-order valence-electron chi connectivity index (χ0n) is 13.1. The van der Waals surface area contributed by atoms with Crippen molar-refractivity contribution in [2.24, 2.45) is 0 Å². The molecule has 7 nitrogen and oxygen atoms in total. The fourth-order valence-corrected chi connectivity index (χ4v) is 2.59. The number of H-pyrrole nitrogens is 1. The van der Waals surface area contributed by atoms with Crippen LogP contribution in [0.4, 0.5) is 5.69 Å². The largest absolute Gasteiger partial charge is 0.463 e. The Kier molecular flexibility index (Phi) is 3.66. The Bertz CT molecular complexity index is 1090. The number of aromatic nitrogens is 3. The molecule has 0 aliphatic heterocycles. The third-order valence-corrected chi connectivity index (χ3v) is 3.77. The van der Waals surface area contributed by atoms with Gasteiger partial charge in [-0.05, 0) is 42.5 Å². The summed E-state index contributed by atoms with van der Waals surface area (Å²) in [6.07, 6.45) is 3.36. The Balaban J connectivity index is 1.54. The molecule has 0 bridgehead atoms. The van der Waals surface area contributed by atoms with Crippen LogP contribution in [-0.2, 0) is 11.3 Å². The smallest absolute Gasteiger partial charge is 0.267 e. The molecule has 4 rings (SSSR count). The second-order valence-electron chi connectivity index (χ2n) is 5.52. The number of carbonyl (C=O) groups is 1. The molecule has 0 saturated heterocycles. The van der Waals surface area contributed by atoms with Gasteiger partial charge in [0.2, 0.25) is 5.91 Å². The van der Waals surface area contributed by atoms with Crippen molar-refractivity contribution in [2.45, 2.75) is 6.54 Å². The zero-order valence-corrected chi connectivity index (χ0v) is 13.1. The Hall–Kier alpha value is -3.61. The molecule has 0 aliphatic rings. The van der Waals surface area contributed by atoms with Crippen LogP contribution >= 0.6 is 0 Å². The van der Waals surface area contributed by atoms with Gasteiger partial charge < -0.3 is 14.7 Å². The molecule has 3 heterocycles. The van der Waals surface area contributed by atoms with E-state index in [2.05, 4.69) is 15.4 Å². The van der Waals surface area contributed by atoms with Gasteiger partial charge in [-0.3, -0.25) is 9.59 Å². The maximum absolute atomic E-state index is 12.3. The van der Waals surface area contributed by atoms with Crippen molar-refractivity contribution in [1.29, 1.82) is 0 Å². The third kappa shape index (κ3) is 3.07. The van der Waals surface area contributed by atoms with E-state index in [0.717, 1.165) is 15.6 Å². The van der Waals surface area contributed by atoms with Crippen molar-refractivity contribution in [1.82, 2.24) is 14.8 Å². The number of fused-ring (bicyclic) bond motifs is 1. The molecule has 1 amide bonds. The van der Waals surface area contributed by atoms with Crippen LogP contribution in [0, 0.1) is 0 Å². The Labute approximate surface area is 141 Å². The quantitative estimate of drug-likeness (QED) is 0.600. The number of rotatable bonds is 4. The van der Waals surface area contributed by atoms with Crippen LogP contribution in [0.3, 0.4) is 0 Å². The fraction of sp³-hybridized carbons (Fsp3) is 0.0556. The molecule has 0 saturated carbocycles. The van der Waals surface area contributed by atoms with E-state index in [1.165, 1.54) is 12.3 Å². The van der Waals surface area contributed by atoms with Gasteiger partial charge in [0, 0.05) is 28.9 Å². The molecule has 0 aliphatic carbocycles. The van der Waals surface area contributed by atoms with E-state index < -0.39 is 0 Å². The number of carbonyl (C=O) groups excluding carboxylic acids is 1. The lowest BCUT2D eigenvalue weighted by Gasteiger charge is -2.08. The predicted molar refractivity (Wildman–Crippen MR) is 93.1 cm³/mol. The van der Waals surface area contributed by atoms with E-state index in [1.807, 2.05) is 24.4 Å². The minimum Gasteiger partial charge on any atom is -0.463 e. The molecular weight excluding hydrogens is 320 g/mol. The average Bonchev–Trinajstić information content (AvgIpc) is 3.27. The Morgan fingerprint density at radius 2 is 2.12 bits per heavy atom. The van der Waals surface area contributed by atoms with E-state index in [0.29, 0.717) is 17.1 Å². The highest BCUT2D eigenvalue weighted by Crippen LogP contribution is 2.18. The minimum absolute atomic E-state index is 0.182. The molecular formula is C18H14N4O3. The lowest BCUT2D eigenvalue weighted by atomic mass is 10.2. The van der Waals surface area contributed by atoms with Crippen molar-refractivity contribution in [3.8, 4) is 11.5 Å². The SMILES string of the molecule is O=C(Cn1nc(-c2ccco2)ccc1=O)Nc1ccc2[nH]ccc2c1. The fourth-order valence-electron chi connectivity index (χ4n) is 2.59. The number of anilines is 1. The summed E-state index contributed by atoms with van der Waals surface area (Å²) in [6, 6.07) is 13.9. The number of nitrogens with zero attached hydrogens (tertiary/aromatic N) is 2. The summed E-state index contributed by atoms with van der Waals surface area (Å²) in [5.41, 5.74) is 1.78. The number of benzene rings is 1. The zero-order chi connectivity index (χ0) is 17.2. The van der Waals surface area contributed by atoms with E-state index in [4.69, 9.17) is 4.42 Å². The van der Waals surface area contributed by atoms with Gasteiger partial charge in [0.1, 0.15) is 12.2 Å². The lowest BCUT2D eigenvalue weighted by molar-refractivity contribution is -0.117. The second-order valence-corrected chi connectivity index (χ2v) is 5.52. The van der Waals surface area contributed by atoms with E-state index in [9.17, 15) is 9.59 Å². The molecule has 2 N–H and O–H groups in total. The summed E-state index contributed by atoms with van der Waals surface area (Å²) in [5, 5.41) is 7.95. The highest BCUT2D eigenvalue weighted by Gasteiger charge is 2.10. The topological polar surface area (TPSA) is 92.9 Å². The van der Waals surface area contributed by atoms with Gasteiger partial charge in [-0.15, -0.1) is 0 Å². The number of hydrogen-bond donors (Lipinski definition) is 2. The van der Waals surface area contributed by atoms with Crippen LogP contribution in [-0.4, -0.2) is 20.7 Å². The summed E-state index contributed by atoms with van der Waals surface area (Å²) in [6.45, 7) is -0.182. The molecule has 0 spiro atoms. The maximum atomic E-state index is 12.3. The van der Waals surface area contributed by atoms with Crippen molar-refractivity contribution in [2.75, 3.05) is 5.32 Å². The van der Waals surface area contributed by atoms with Crippen molar-refractivity contribution >= 4 is 22.5 Å². The first-order valence-electron chi connectivity index (χ1n) is 7.68. The van der Waals surface area contributed by atoms with Crippen LogP contribution in [0.25, 0.3) is 22.4 Å². The molecule has 0 radical (unpaired) electrons. The number of hydrogen-bond acceptors (Lipinski definition) is 4. The highest BCUT2D eigenvalue weighted by molar-refractivity contribution is 5.93. The van der Waals surface area contributed by atoms with Gasteiger partial charge >= 0.3 is 0 Å². The van der Waals surface area contributed by atoms with Gasteiger partial charge in [0.25, 0.3) is 5.56 Å². The van der Waals surface area contributed by atoms with E-state index in [-0.39, 0.29) is 18.0 Å². The summed E-state index contributed by atoms with van der Waals surface area (Å²) in [7, 11) is 0. The van der Waals surface area contributed by atoms with Gasteiger partial charge in [-0.25, -0.2) is 4.68 Å². The number of amides is 1. The number of aromatic amines is 1. The molecule has 1 aromatic carbocycles. The van der Waals surface area contributed by atoms with Gasteiger partial charge in [0.15, 0.2) is 5.76 Å². The number of nitrogens with one attached hydrogen (secondary N) is 2. The Morgan fingerprint density at radius 1 is 1.20 bits per heavy atom. The monoisotopic (exact) mass is 334 g/mol. The van der Waals surface area contributed by atoms with Crippen molar-refractivity contribution < 1.29 is 9.21 Å². The summed E-state index contributed by atoms with van der Waals surface area (Å²) in [5.74, 6) is 0.202. The van der Waals surface area contributed by atoms with E-state index in [1.54, 1.807) is 24.3 Å². The molecule has 0 fully saturated rings. The van der Waals surface area contributed by atoms with Crippen LogP contribution in [0.1, 0.15) is 0 Å². The summed E-state index contributed by atoms with van der Waals surface area (Å²) < 4.78 is 6.38. The van der Waals surface area contributed by atoms with Crippen molar-refractivity contribution in [3.63, 3.8) is 0 Å². The molecule has 124 valence electrons. The van der Waals surface area contributed by atoms with Gasteiger partial charge in [0.05, 0.1) is 6.26 Å². The van der Waals surface area contributed by atoms with Crippen molar-refractivity contribution in [3.05, 3.63) is 71.3 Å². The maximum Gasteiger partial charge on any atom is 0.267 e. The predicted octanol–water partition coefficient (Wildman–Crippen LogP) is 2.62. The molecule has 25 heavy (non-hydrogen) atoms.